The molecule has 0 unspecified atom stereocenters. The maximum atomic E-state index is 12.5. The number of aryl methyl sites for hydroxylation is 1. The molecule has 7 heteroatoms. The van der Waals surface area contributed by atoms with Crippen LogP contribution in [0.1, 0.15) is 28.3 Å². The van der Waals surface area contributed by atoms with Crippen molar-refractivity contribution in [3.05, 3.63) is 49.9 Å². The maximum absolute atomic E-state index is 12.5. The van der Waals surface area contributed by atoms with Gasteiger partial charge in [0.25, 0.3) is 0 Å². The molecule has 0 saturated carbocycles. The zero-order chi connectivity index (χ0) is 16.2. The van der Waals surface area contributed by atoms with Crippen LogP contribution >= 0.6 is 23.1 Å². The summed E-state index contributed by atoms with van der Waals surface area (Å²) in [7, 11) is 0. The Morgan fingerprint density at radius 1 is 1.22 bits per heavy atom. The summed E-state index contributed by atoms with van der Waals surface area (Å²) in [5, 5.41) is 0.795. The van der Waals surface area contributed by atoms with Crippen LogP contribution in [0.2, 0.25) is 0 Å². The van der Waals surface area contributed by atoms with Crippen LogP contribution in [0, 0.1) is 12.3 Å². The summed E-state index contributed by atoms with van der Waals surface area (Å²) >= 11 is 2.53. The van der Waals surface area contributed by atoms with Crippen LogP contribution in [0.5, 0.6) is 0 Å². The minimum Gasteiger partial charge on any atom is -0.393 e. The molecule has 0 aliphatic carbocycles. The number of carbonyl (C=O) groups excluding carboxylic acids is 2. The van der Waals surface area contributed by atoms with Gasteiger partial charge in [0.05, 0.1) is 11.4 Å². The molecule has 5 nitrogen and oxygen atoms in total. The van der Waals surface area contributed by atoms with Gasteiger partial charge in [-0.15, -0.1) is 11.8 Å². The molecular formula is C16H13NO4S2. The fourth-order valence-corrected chi connectivity index (χ4v) is 5.84. The third-order valence-electron chi connectivity index (χ3n) is 4.41. The van der Waals surface area contributed by atoms with Crippen LogP contribution in [0.3, 0.4) is 0 Å². The molecule has 0 amide bonds. The molecule has 23 heavy (non-hydrogen) atoms. The van der Waals surface area contributed by atoms with Crippen LogP contribution in [0.25, 0.3) is 0 Å². The van der Waals surface area contributed by atoms with E-state index in [2.05, 4.69) is 4.98 Å². The smallest absolute Gasteiger partial charge is 0.322 e. The van der Waals surface area contributed by atoms with E-state index in [0.29, 0.717) is 5.75 Å². The van der Waals surface area contributed by atoms with Gasteiger partial charge in [0.2, 0.25) is 0 Å². The van der Waals surface area contributed by atoms with Gasteiger partial charge in [-0.05, 0) is 12.5 Å². The summed E-state index contributed by atoms with van der Waals surface area (Å²) in [5.74, 6) is -0.871. The monoisotopic (exact) mass is 347 g/mol. The van der Waals surface area contributed by atoms with Crippen molar-refractivity contribution in [2.45, 2.75) is 24.3 Å². The fourth-order valence-electron chi connectivity index (χ4n) is 3.29. The van der Waals surface area contributed by atoms with Crippen molar-refractivity contribution in [1.82, 2.24) is 4.98 Å². The van der Waals surface area contributed by atoms with Crippen LogP contribution in [-0.4, -0.2) is 22.7 Å². The van der Waals surface area contributed by atoms with Crippen LogP contribution in [0.15, 0.2) is 34.1 Å². The molecule has 118 valence electrons. The molecule has 1 N–H and O–H groups in total. The number of benzene rings is 1. The number of carbonyl (C=O) groups is 2. The molecule has 2 aliphatic rings. The molecule has 0 bridgehead atoms. The molecule has 4 rings (SSSR count). The quantitative estimate of drug-likeness (QED) is 0.633. The van der Waals surface area contributed by atoms with Crippen molar-refractivity contribution in [3.8, 4) is 0 Å². The summed E-state index contributed by atoms with van der Waals surface area (Å²) in [6, 6.07) is 7.87. The molecule has 2 aliphatic heterocycles. The van der Waals surface area contributed by atoms with E-state index in [0.717, 1.165) is 32.4 Å². The molecule has 1 fully saturated rings. The van der Waals surface area contributed by atoms with Crippen molar-refractivity contribution in [1.29, 1.82) is 0 Å². The van der Waals surface area contributed by atoms with Gasteiger partial charge in [-0.2, -0.15) is 0 Å². The lowest BCUT2D eigenvalue weighted by molar-refractivity contribution is -0.155. The first-order chi connectivity index (χ1) is 11.0. The molecular weight excluding hydrogens is 334 g/mol. The highest BCUT2D eigenvalue weighted by Crippen LogP contribution is 2.56. The Bertz CT molecular complexity index is 867. The number of thioether (sulfide) groups is 1. The summed E-state index contributed by atoms with van der Waals surface area (Å²) in [6.07, 6.45) is 0.0584. The third kappa shape index (κ3) is 2.18. The number of H-pyrrole nitrogens is 1. The highest BCUT2D eigenvalue weighted by Gasteiger charge is 2.58. The molecule has 3 heterocycles. The number of hydrogen-bond donors (Lipinski definition) is 1. The van der Waals surface area contributed by atoms with Gasteiger partial charge in [0.15, 0.2) is 0 Å². The predicted molar refractivity (Wildman–Crippen MR) is 86.8 cm³/mol. The number of aromatic nitrogens is 1. The number of rotatable bonds is 1. The lowest BCUT2D eigenvalue weighted by Crippen LogP contribution is -2.39. The molecule has 1 aromatic carbocycles. The minimum absolute atomic E-state index is 0.0584. The van der Waals surface area contributed by atoms with Crippen molar-refractivity contribution < 1.29 is 14.3 Å². The van der Waals surface area contributed by atoms with Gasteiger partial charge in [-0.25, -0.2) is 0 Å². The number of ether oxygens (including phenoxy) is 1. The van der Waals surface area contributed by atoms with Crippen molar-refractivity contribution in [2.75, 3.05) is 5.75 Å². The zero-order valence-electron chi connectivity index (χ0n) is 12.3. The van der Waals surface area contributed by atoms with E-state index in [-0.39, 0.29) is 17.2 Å². The summed E-state index contributed by atoms with van der Waals surface area (Å²) < 4.78 is 4.88. The van der Waals surface area contributed by atoms with Crippen molar-refractivity contribution >= 4 is 35.0 Å². The lowest BCUT2D eigenvalue weighted by Gasteiger charge is -2.36. The number of esters is 2. The topological polar surface area (TPSA) is 76.2 Å². The number of nitrogens with one attached hydrogen (secondary N) is 1. The van der Waals surface area contributed by atoms with E-state index >= 15 is 0 Å². The molecule has 1 aromatic heterocycles. The van der Waals surface area contributed by atoms with Crippen LogP contribution in [0.4, 0.5) is 0 Å². The maximum Gasteiger partial charge on any atom is 0.322 e. The average Bonchev–Trinajstić information content (AvgIpc) is 3.00. The lowest BCUT2D eigenvalue weighted by atomic mass is 9.71. The number of aromatic amines is 1. The van der Waals surface area contributed by atoms with Gasteiger partial charge >= 0.3 is 16.8 Å². The Hall–Kier alpha value is -1.86. The van der Waals surface area contributed by atoms with Crippen LogP contribution in [-0.2, 0) is 14.3 Å². The van der Waals surface area contributed by atoms with Gasteiger partial charge in [0, 0.05) is 16.5 Å². The standard InChI is InChI=1S/C16H13NO4S2/c1-8-2-4-9(5-3-8)11-12-13(17-15(20)23-12)22-7-16(11)6-10(18)21-14(16)19/h2-5,11H,6-7H2,1H3,(H,17,20)/t11-,16-/m0/s1. The van der Waals surface area contributed by atoms with E-state index in [1.54, 1.807) is 0 Å². The van der Waals surface area contributed by atoms with Gasteiger partial charge in [0.1, 0.15) is 5.41 Å². The molecule has 0 radical (unpaired) electrons. The Morgan fingerprint density at radius 3 is 2.61 bits per heavy atom. The first-order valence-corrected chi connectivity index (χ1v) is 8.97. The molecule has 2 aromatic rings. The van der Waals surface area contributed by atoms with Gasteiger partial charge in [-0.3, -0.25) is 14.4 Å². The van der Waals surface area contributed by atoms with E-state index in [4.69, 9.17) is 4.74 Å². The second-order valence-electron chi connectivity index (χ2n) is 5.93. The number of hydrogen-bond acceptors (Lipinski definition) is 6. The summed E-state index contributed by atoms with van der Waals surface area (Å²) in [4.78, 5) is 39.6. The third-order valence-corrected chi connectivity index (χ3v) is 6.76. The van der Waals surface area contributed by atoms with E-state index in [1.165, 1.54) is 11.8 Å². The average molecular weight is 347 g/mol. The zero-order valence-corrected chi connectivity index (χ0v) is 13.9. The van der Waals surface area contributed by atoms with Gasteiger partial charge in [-0.1, -0.05) is 41.2 Å². The highest BCUT2D eigenvalue weighted by atomic mass is 32.2. The Kier molecular flexibility index (Phi) is 3.24. The second kappa shape index (κ2) is 5.07. The summed E-state index contributed by atoms with van der Waals surface area (Å²) in [6.45, 7) is 1.99. The van der Waals surface area contributed by atoms with Crippen molar-refractivity contribution in [3.63, 3.8) is 0 Å². The van der Waals surface area contributed by atoms with Crippen molar-refractivity contribution in [2.24, 2.45) is 5.41 Å². The van der Waals surface area contributed by atoms with E-state index in [1.807, 2.05) is 31.2 Å². The SMILES string of the molecule is Cc1ccc([C@H]2c3sc(=O)[nH]c3SC[C@@]23CC(=O)OC3=O)cc1. The first kappa shape index (κ1) is 14.7. The van der Waals surface area contributed by atoms with Gasteiger partial charge < -0.3 is 9.72 Å². The fraction of sp³-hybridized carbons (Fsp3) is 0.312. The highest BCUT2D eigenvalue weighted by molar-refractivity contribution is 7.99. The Labute approximate surface area is 140 Å². The first-order valence-electron chi connectivity index (χ1n) is 7.17. The minimum atomic E-state index is -0.921. The van der Waals surface area contributed by atoms with E-state index < -0.39 is 17.4 Å². The number of cyclic esters (lactones) is 2. The molecule has 2 atom stereocenters. The second-order valence-corrected chi connectivity index (χ2v) is 7.94. The predicted octanol–water partition coefficient (Wildman–Crippen LogP) is 2.44. The number of fused-ring (bicyclic) bond motifs is 1. The Morgan fingerprint density at radius 2 is 1.96 bits per heavy atom. The molecule has 1 spiro atoms. The largest absolute Gasteiger partial charge is 0.393 e. The normalized spacial score (nSPS) is 26.4. The van der Waals surface area contributed by atoms with E-state index in [9.17, 15) is 14.4 Å². The Balaban J connectivity index is 1.94. The van der Waals surface area contributed by atoms with Crippen LogP contribution < -0.4 is 4.87 Å². The number of thiazole rings is 1. The molecule has 1 saturated heterocycles. The summed E-state index contributed by atoms with van der Waals surface area (Å²) in [5.41, 5.74) is 1.12.